The fraction of sp³-hybridized carbons (Fsp3) is 0.786. The highest BCUT2D eigenvalue weighted by molar-refractivity contribution is 5.94. The first-order valence-corrected chi connectivity index (χ1v) is 7.49. The van der Waals surface area contributed by atoms with Gasteiger partial charge in [-0.2, -0.15) is 0 Å². The zero-order chi connectivity index (χ0) is 16.9. The topological polar surface area (TPSA) is 114 Å². The molecule has 0 aliphatic carbocycles. The van der Waals surface area contributed by atoms with Gasteiger partial charge in [-0.15, -0.1) is 0 Å². The molecular weight excluding hydrogens is 288 g/mol. The molecule has 0 saturated carbocycles. The van der Waals surface area contributed by atoms with Crippen molar-refractivity contribution in [1.29, 1.82) is 0 Å². The van der Waals surface area contributed by atoms with Gasteiger partial charge in [-0.3, -0.25) is 14.9 Å². The number of nitrogens with zero attached hydrogens (tertiary/aromatic N) is 1. The van der Waals surface area contributed by atoms with Crippen molar-refractivity contribution in [2.24, 2.45) is 11.7 Å². The minimum absolute atomic E-state index is 0.226. The minimum atomic E-state index is -1.60. The summed E-state index contributed by atoms with van der Waals surface area (Å²) in [4.78, 5) is 37.8. The SMILES string of the molecule is CC[C@@H](C)[C@](N)(NC(=O)OC)C(=O)N1CCC[C@H]1C(=O)NC. The summed E-state index contributed by atoms with van der Waals surface area (Å²) in [6, 6.07) is -0.552. The predicted molar refractivity (Wildman–Crippen MR) is 80.7 cm³/mol. The molecule has 0 aromatic rings. The highest BCUT2D eigenvalue weighted by Crippen LogP contribution is 2.25. The van der Waals surface area contributed by atoms with Crippen LogP contribution in [0.25, 0.3) is 0 Å². The van der Waals surface area contributed by atoms with Gasteiger partial charge < -0.3 is 20.7 Å². The molecule has 126 valence electrons. The van der Waals surface area contributed by atoms with Crippen LogP contribution in [0.1, 0.15) is 33.1 Å². The van der Waals surface area contributed by atoms with E-state index in [2.05, 4.69) is 15.4 Å². The van der Waals surface area contributed by atoms with Crippen LogP contribution in [0.15, 0.2) is 0 Å². The Balaban J connectivity index is 3.05. The zero-order valence-electron chi connectivity index (χ0n) is 13.6. The lowest BCUT2D eigenvalue weighted by molar-refractivity contribution is -0.145. The lowest BCUT2D eigenvalue weighted by atomic mass is 9.90. The molecule has 0 bridgehead atoms. The lowest BCUT2D eigenvalue weighted by Crippen LogP contribution is -2.70. The molecule has 4 N–H and O–H groups in total. The second kappa shape index (κ2) is 7.44. The van der Waals surface area contributed by atoms with Crippen molar-refractivity contribution in [2.75, 3.05) is 20.7 Å². The van der Waals surface area contributed by atoms with Gasteiger partial charge in [0.25, 0.3) is 5.91 Å². The molecule has 1 rings (SSSR count). The minimum Gasteiger partial charge on any atom is -0.453 e. The number of carbonyl (C=O) groups excluding carboxylic acids is 3. The smallest absolute Gasteiger partial charge is 0.408 e. The van der Waals surface area contributed by atoms with Crippen LogP contribution in [0.4, 0.5) is 4.79 Å². The van der Waals surface area contributed by atoms with Crippen molar-refractivity contribution in [2.45, 2.75) is 44.8 Å². The fourth-order valence-electron chi connectivity index (χ4n) is 2.62. The second-order valence-electron chi connectivity index (χ2n) is 5.57. The number of alkyl carbamates (subject to hydrolysis) is 1. The largest absolute Gasteiger partial charge is 0.453 e. The summed E-state index contributed by atoms with van der Waals surface area (Å²) in [5.74, 6) is -1.00. The molecule has 1 saturated heterocycles. The Kier molecular flexibility index (Phi) is 6.16. The van der Waals surface area contributed by atoms with E-state index in [1.165, 1.54) is 19.1 Å². The van der Waals surface area contributed by atoms with E-state index in [1.54, 1.807) is 6.92 Å². The molecule has 8 heteroatoms. The second-order valence-corrected chi connectivity index (χ2v) is 5.57. The molecule has 1 aliphatic heterocycles. The van der Waals surface area contributed by atoms with Gasteiger partial charge in [0.15, 0.2) is 5.66 Å². The summed E-state index contributed by atoms with van der Waals surface area (Å²) in [5, 5.41) is 4.99. The number of methoxy groups -OCH3 is 1. The number of likely N-dealkylation sites (N-methyl/N-ethyl adjacent to an activating group) is 1. The quantitative estimate of drug-likeness (QED) is 0.607. The highest BCUT2D eigenvalue weighted by Gasteiger charge is 2.47. The number of carbonyl (C=O) groups is 3. The van der Waals surface area contributed by atoms with Gasteiger partial charge in [0.2, 0.25) is 5.91 Å². The molecular formula is C14H26N4O4. The molecule has 3 amide bonds. The van der Waals surface area contributed by atoms with Gasteiger partial charge in [0.05, 0.1) is 7.11 Å². The summed E-state index contributed by atoms with van der Waals surface area (Å²) < 4.78 is 4.57. The van der Waals surface area contributed by atoms with E-state index in [9.17, 15) is 14.4 Å². The molecule has 0 unspecified atom stereocenters. The zero-order valence-corrected chi connectivity index (χ0v) is 13.6. The van der Waals surface area contributed by atoms with Crippen LogP contribution in [0, 0.1) is 5.92 Å². The number of nitrogens with two attached hydrogens (primary N) is 1. The van der Waals surface area contributed by atoms with Crippen molar-refractivity contribution in [3.63, 3.8) is 0 Å². The molecule has 0 aromatic heterocycles. The standard InChI is InChI=1S/C14H26N4O4/c1-5-9(2)14(15,17-13(21)22-4)12(20)18-8-6-7-10(18)11(19)16-3/h9-10H,5-8,15H2,1-4H3,(H,16,19)(H,17,21)/t9-,10+,14+/m1/s1. The average molecular weight is 314 g/mol. The Labute approximate surface area is 130 Å². The Bertz CT molecular complexity index is 443. The maximum absolute atomic E-state index is 12.9. The summed E-state index contributed by atoms with van der Waals surface area (Å²) in [6.07, 6.45) is 1.12. The van der Waals surface area contributed by atoms with E-state index in [-0.39, 0.29) is 11.8 Å². The van der Waals surface area contributed by atoms with E-state index < -0.39 is 23.7 Å². The van der Waals surface area contributed by atoms with E-state index in [4.69, 9.17) is 5.73 Å². The number of ether oxygens (including phenoxy) is 1. The normalized spacial score (nSPS) is 21.7. The van der Waals surface area contributed by atoms with Crippen molar-refractivity contribution in [3.05, 3.63) is 0 Å². The fourth-order valence-corrected chi connectivity index (χ4v) is 2.62. The molecule has 22 heavy (non-hydrogen) atoms. The van der Waals surface area contributed by atoms with Gasteiger partial charge in [-0.25, -0.2) is 4.79 Å². The average Bonchev–Trinajstić information content (AvgIpc) is 3.01. The highest BCUT2D eigenvalue weighted by atomic mass is 16.5. The van der Waals surface area contributed by atoms with Gasteiger partial charge in [-0.05, 0) is 19.3 Å². The molecule has 1 heterocycles. The van der Waals surface area contributed by atoms with Gasteiger partial charge >= 0.3 is 6.09 Å². The third-order valence-corrected chi connectivity index (χ3v) is 4.30. The Morgan fingerprint density at radius 1 is 1.45 bits per heavy atom. The first-order valence-electron chi connectivity index (χ1n) is 7.49. The van der Waals surface area contributed by atoms with Crippen LogP contribution < -0.4 is 16.4 Å². The van der Waals surface area contributed by atoms with Crippen LogP contribution in [-0.2, 0) is 14.3 Å². The monoisotopic (exact) mass is 314 g/mol. The summed E-state index contributed by atoms with van der Waals surface area (Å²) in [5.41, 5.74) is 4.62. The van der Waals surface area contributed by atoms with Crippen molar-refractivity contribution < 1.29 is 19.1 Å². The van der Waals surface area contributed by atoms with E-state index in [0.29, 0.717) is 19.4 Å². The maximum Gasteiger partial charge on any atom is 0.408 e. The van der Waals surface area contributed by atoms with Crippen LogP contribution in [0.5, 0.6) is 0 Å². The number of nitrogens with one attached hydrogen (secondary N) is 2. The van der Waals surface area contributed by atoms with Gasteiger partial charge in [0.1, 0.15) is 6.04 Å². The molecule has 3 atom stereocenters. The summed E-state index contributed by atoms with van der Waals surface area (Å²) >= 11 is 0. The van der Waals surface area contributed by atoms with Crippen LogP contribution in [0.2, 0.25) is 0 Å². The van der Waals surface area contributed by atoms with E-state index >= 15 is 0 Å². The van der Waals surface area contributed by atoms with Gasteiger partial charge in [-0.1, -0.05) is 13.8 Å². The number of likely N-dealkylation sites (tertiary alicyclic amines) is 1. The molecule has 8 nitrogen and oxygen atoms in total. The van der Waals surface area contributed by atoms with Crippen molar-refractivity contribution in [3.8, 4) is 0 Å². The van der Waals surface area contributed by atoms with Crippen LogP contribution in [0.3, 0.4) is 0 Å². The summed E-state index contributed by atoms with van der Waals surface area (Å²) in [6.45, 7) is 4.09. The number of rotatable bonds is 5. The predicted octanol–water partition coefficient (Wildman–Crippen LogP) is -0.219. The summed E-state index contributed by atoms with van der Waals surface area (Å²) in [7, 11) is 2.74. The molecule has 1 fully saturated rings. The van der Waals surface area contributed by atoms with Gasteiger partial charge in [0, 0.05) is 19.5 Å². The van der Waals surface area contributed by atoms with E-state index in [1.807, 2.05) is 6.92 Å². The van der Waals surface area contributed by atoms with Crippen LogP contribution >= 0.6 is 0 Å². The first-order chi connectivity index (χ1) is 10.3. The molecule has 0 aromatic carbocycles. The Hall–Kier alpha value is -1.83. The van der Waals surface area contributed by atoms with E-state index in [0.717, 1.165) is 6.42 Å². The Morgan fingerprint density at radius 2 is 2.09 bits per heavy atom. The molecule has 1 aliphatic rings. The number of hydrogen-bond acceptors (Lipinski definition) is 5. The molecule has 0 radical (unpaired) electrons. The third-order valence-electron chi connectivity index (χ3n) is 4.30. The third kappa shape index (κ3) is 3.49. The maximum atomic E-state index is 12.9. The lowest BCUT2D eigenvalue weighted by Gasteiger charge is -2.38. The van der Waals surface area contributed by atoms with Crippen molar-refractivity contribution >= 4 is 17.9 Å². The first kappa shape index (κ1) is 18.2. The number of amides is 3. The van der Waals surface area contributed by atoms with Crippen LogP contribution in [-0.4, -0.2) is 55.2 Å². The Morgan fingerprint density at radius 3 is 2.59 bits per heavy atom. The number of hydrogen-bond donors (Lipinski definition) is 3. The molecule has 0 spiro atoms. The van der Waals surface area contributed by atoms with Crippen molar-refractivity contribution in [1.82, 2.24) is 15.5 Å².